The number of amides is 2. The second-order valence-electron chi connectivity index (χ2n) is 6.47. The number of hydrogen-bond acceptors (Lipinski definition) is 4. The predicted octanol–water partition coefficient (Wildman–Crippen LogP) is 2.76. The van der Waals surface area contributed by atoms with E-state index >= 15 is 0 Å². The average Bonchev–Trinajstić information content (AvgIpc) is 2.55. The fourth-order valence-corrected chi connectivity index (χ4v) is 2.99. The molecular formula is C18H27N3O3. The lowest BCUT2D eigenvalue weighted by Gasteiger charge is -2.27. The molecular weight excluding hydrogens is 306 g/mol. The Bertz CT molecular complexity index is 581. The van der Waals surface area contributed by atoms with Gasteiger partial charge in [0.1, 0.15) is 5.75 Å². The smallest absolute Gasteiger partial charge is 0.239 e. The van der Waals surface area contributed by atoms with Crippen LogP contribution in [0.25, 0.3) is 0 Å². The first-order valence-electron chi connectivity index (χ1n) is 8.46. The molecule has 1 aromatic carbocycles. The Morgan fingerprint density at radius 2 is 1.92 bits per heavy atom. The van der Waals surface area contributed by atoms with E-state index in [1.807, 2.05) is 0 Å². The lowest BCUT2D eigenvalue weighted by molar-refractivity contribution is -0.120. The molecule has 0 heterocycles. The maximum absolute atomic E-state index is 12.1. The Labute approximate surface area is 143 Å². The number of nitrogens with one attached hydrogen (secondary N) is 3. The summed E-state index contributed by atoms with van der Waals surface area (Å²) in [5, 5.41) is 8.89. The molecule has 0 aromatic heterocycles. The van der Waals surface area contributed by atoms with Gasteiger partial charge in [-0.15, -0.1) is 0 Å². The van der Waals surface area contributed by atoms with Gasteiger partial charge < -0.3 is 20.7 Å². The highest BCUT2D eigenvalue weighted by molar-refractivity contribution is 5.90. The summed E-state index contributed by atoms with van der Waals surface area (Å²) in [5.41, 5.74) is 1.34. The van der Waals surface area contributed by atoms with Gasteiger partial charge in [-0.2, -0.15) is 0 Å². The number of anilines is 2. The molecule has 6 nitrogen and oxygen atoms in total. The van der Waals surface area contributed by atoms with Crippen LogP contribution in [-0.4, -0.2) is 31.5 Å². The molecule has 0 atom stereocenters. The van der Waals surface area contributed by atoms with Crippen molar-refractivity contribution in [1.29, 1.82) is 0 Å². The standard InChI is InChI=1S/C18H27N3O3/c1-12-4-6-14(7-5-12)21-18(23)11-19-16-10-15(20-13(2)22)8-9-17(16)24-3/h8-10,12,14,19H,4-7,11H2,1-3H3,(H,20,22)(H,21,23). The summed E-state index contributed by atoms with van der Waals surface area (Å²) in [5.74, 6) is 1.22. The molecule has 0 radical (unpaired) electrons. The molecule has 2 rings (SSSR count). The Morgan fingerprint density at radius 1 is 1.21 bits per heavy atom. The Hall–Kier alpha value is -2.24. The third-order valence-electron chi connectivity index (χ3n) is 4.34. The third-order valence-corrected chi connectivity index (χ3v) is 4.34. The highest BCUT2D eigenvalue weighted by Crippen LogP contribution is 2.28. The molecule has 6 heteroatoms. The molecule has 2 amide bonds. The maximum Gasteiger partial charge on any atom is 0.239 e. The van der Waals surface area contributed by atoms with Gasteiger partial charge in [-0.3, -0.25) is 9.59 Å². The largest absolute Gasteiger partial charge is 0.495 e. The zero-order valence-electron chi connectivity index (χ0n) is 14.6. The summed E-state index contributed by atoms with van der Waals surface area (Å²) in [6.45, 7) is 3.88. The summed E-state index contributed by atoms with van der Waals surface area (Å²) >= 11 is 0. The molecule has 0 unspecified atom stereocenters. The summed E-state index contributed by atoms with van der Waals surface area (Å²) in [6, 6.07) is 5.56. The molecule has 1 aliphatic carbocycles. The Morgan fingerprint density at radius 3 is 2.54 bits per heavy atom. The molecule has 132 valence electrons. The van der Waals surface area contributed by atoms with Gasteiger partial charge in [0.05, 0.1) is 19.3 Å². The zero-order valence-corrected chi connectivity index (χ0v) is 14.6. The van der Waals surface area contributed by atoms with E-state index in [9.17, 15) is 9.59 Å². The average molecular weight is 333 g/mol. The van der Waals surface area contributed by atoms with Crippen molar-refractivity contribution < 1.29 is 14.3 Å². The minimum Gasteiger partial charge on any atom is -0.495 e. The van der Waals surface area contributed by atoms with E-state index in [-0.39, 0.29) is 24.4 Å². The first-order valence-corrected chi connectivity index (χ1v) is 8.46. The first-order chi connectivity index (χ1) is 11.5. The van der Waals surface area contributed by atoms with E-state index in [0.717, 1.165) is 18.8 Å². The van der Waals surface area contributed by atoms with Crippen LogP contribution in [0.2, 0.25) is 0 Å². The molecule has 1 aromatic rings. The summed E-state index contributed by atoms with van der Waals surface area (Å²) < 4.78 is 5.29. The quantitative estimate of drug-likeness (QED) is 0.748. The van der Waals surface area contributed by atoms with Crippen molar-refractivity contribution in [2.75, 3.05) is 24.3 Å². The van der Waals surface area contributed by atoms with E-state index in [0.29, 0.717) is 17.1 Å². The molecule has 24 heavy (non-hydrogen) atoms. The molecule has 0 spiro atoms. The molecule has 1 aliphatic rings. The van der Waals surface area contributed by atoms with Crippen LogP contribution in [0, 0.1) is 5.92 Å². The van der Waals surface area contributed by atoms with Gasteiger partial charge in [-0.1, -0.05) is 6.92 Å². The van der Waals surface area contributed by atoms with Crippen LogP contribution >= 0.6 is 0 Å². The molecule has 0 aliphatic heterocycles. The highest BCUT2D eigenvalue weighted by Gasteiger charge is 2.19. The minimum atomic E-state index is -0.143. The fourth-order valence-electron chi connectivity index (χ4n) is 2.99. The van der Waals surface area contributed by atoms with Crippen molar-refractivity contribution in [3.8, 4) is 5.75 Å². The van der Waals surface area contributed by atoms with Crippen LogP contribution in [0.15, 0.2) is 18.2 Å². The predicted molar refractivity (Wildman–Crippen MR) is 95.4 cm³/mol. The second kappa shape index (κ2) is 8.57. The van der Waals surface area contributed by atoms with Crippen molar-refractivity contribution in [1.82, 2.24) is 5.32 Å². The van der Waals surface area contributed by atoms with Gasteiger partial charge in [-0.05, 0) is 49.8 Å². The SMILES string of the molecule is COc1ccc(NC(C)=O)cc1NCC(=O)NC1CCC(C)CC1. The van der Waals surface area contributed by atoms with Crippen molar-refractivity contribution in [2.45, 2.75) is 45.6 Å². The van der Waals surface area contributed by atoms with Gasteiger partial charge in [-0.25, -0.2) is 0 Å². The van der Waals surface area contributed by atoms with Crippen LogP contribution in [0.4, 0.5) is 11.4 Å². The fraction of sp³-hybridized carbons (Fsp3) is 0.556. The van der Waals surface area contributed by atoms with Gasteiger partial charge in [0, 0.05) is 18.7 Å². The van der Waals surface area contributed by atoms with Crippen molar-refractivity contribution in [3.63, 3.8) is 0 Å². The van der Waals surface area contributed by atoms with Crippen LogP contribution in [-0.2, 0) is 9.59 Å². The van der Waals surface area contributed by atoms with Crippen LogP contribution < -0.4 is 20.7 Å². The Kier molecular flexibility index (Phi) is 6.46. The third kappa shape index (κ3) is 5.44. The monoisotopic (exact) mass is 333 g/mol. The topological polar surface area (TPSA) is 79.5 Å². The lowest BCUT2D eigenvalue weighted by Crippen LogP contribution is -2.40. The van der Waals surface area contributed by atoms with Gasteiger partial charge in [0.25, 0.3) is 0 Å². The number of carbonyl (C=O) groups excluding carboxylic acids is 2. The number of benzene rings is 1. The molecule has 0 bridgehead atoms. The number of rotatable bonds is 6. The summed E-state index contributed by atoms with van der Waals surface area (Å²) in [4.78, 5) is 23.3. The van der Waals surface area contributed by atoms with E-state index < -0.39 is 0 Å². The normalized spacial score (nSPS) is 20.1. The van der Waals surface area contributed by atoms with E-state index in [4.69, 9.17) is 4.74 Å². The molecule has 1 saturated carbocycles. The molecule has 3 N–H and O–H groups in total. The van der Waals surface area contributed by atoms with Gasteiger partial charge >= 0.3 is 0 Å². The van der Waals surface area contributed by atoms with Gasteiger partial charge in [0.15, 0.2) is 0 Å². The highest BCUT2D eigenvalue weighted by atomic mass is 16.5. The van der Waals surface area contributed by atoms with Crippen LogP contribution in [0.3, 0.4) is 0 Å². The van der Waals surface area contributed by atoms with Crippen LogP contribution in [0.1, 0.15) is 39.5 Å². The first kappa shape index (κ1) is 18.1. The van der Waals surface area contributed by atoms with Crippen molar-refractivity contribution >= 4 is 23.2 Å². The number of hydrogen-bond donors (Lipinski definition) is 3. The van der Waals surface area contributed by atoms with E-state index in [1.165, 1.54) is 19.8 Å². The van der Waals surface area contributed by atoms with Crippen LogP contribution in [0.5, 0.6) is 5.75 Å². The van der Waals surface area contributed by atoms with Gasteiger partial charge in [0.2, 0.25) is 11.8 Å². The minimum absolute atomic E-state index is 0.0264. The number of carbonyl (C=O) groups is 2. The Balaban J connectivity index is 1.89. The van der Waals surface area contributed by atoms with Crippen molar-refractivity contribution in [3.05, 3.63) is 18.2 Å². The lowest BCUT2D eigenvalue weighted by atomic mass is 9.87. The summed E-state index contributed by atoms with van der Waals surface area (Å²) in [7, 11) is 1.57. The zero-order chi connectivity index (χ0) is 17.5. The molecule has 1 fully saturated rings. The van der Waals surface area contributed by atoms with Crippen molar-refractivity contribution in [2.24, 2.45) is 5.92 Å². The number of ether oxygens (including phenoxy) is 1. The number of methoxy groups -OCH3 is 1. The molecule has 0 saturated heterocycles. The summed E-state index contributed by atoms with van der Waals surface area (Å²) in [6.07, 6.45) is 4.44. The second-order valence-corrected chi connectivity index (χ2v) is 6.47. The van der Waals surface area contributed by atoms with E-state index in [1.54, 1.807) is 25.3 Å². The maximum atomic E-state index is 12.1. The van der Waals surface area contributed by atoms with E-state index in [2.05, 4.69) is 22.9 Å².